The van der Waals surface area contributed by atoms with E-state index in [4.69, 9.17) is 4.74 Å². The summed E-state index contributed by atoms with van der Waals surface area (Å²) >= 11 is 0. The van der Waals surface area contributed by atoms with E-state index in [1.165, 1.54) is 70.8 Å². The van der Waals surface area contributed by atoms with Crippen LogP contribution in [0.2, 0.25) is 0 Å². The summed E-state index contributed by atoms with van der Waals surface area (Å²) in [4.78, 5) is 11.3. The lowest BCUT2D eigenvalue weighted by Gasteiger charge is -2.30. The third-order valence-corrected chi connectivity index (χ3v) is 4.86. The summed E-state index contributed by atoms with van der Waals surface area (Å²) in [6.45, 7) is 10.5. The quantitative estimate of drug-likeness (QED) is 0.141. The van der Waals surface area contributed by atoms with Crippen molar-refractivity contribution >= 4 is 5.97 Å². The number of nitrogens with zero attached hydrogens (tertiary/aromatic N) is 1. The van der Waals surface area contributed by atoms with E-state index in [1.54, 1.807) is 6.92 Å². The summed E-state index contributed by atoms with van der Waals surface area (Å²) in [6.07, 6.45) is 16.0. The number of esters is 1. The first-order chi connectivity index (χ1) is 11.9. The van der Waals surface area contributed by atoms with Crippen LogP contribution >= 0.6 is 0 Å². The first kappa shape index (κ1) is 24.2. The number of carbonyl (C=O) groups is 1. The van der Waals surface area contributed by atoms with Crippen LogP contribution in [-0.2, 0) is 9.53 Å². The maximum atomic E-state index is 11.3. The van der Waals surface area contributed by atoms with Gasteiger partial charge in [-0.25, -0.2) is 4.79 Å². The molecule has 25 heavy (non-hydrogen) atoms. The molecule has 0 aliphatic carbocycles. The van der Waals surface area contributed by atoms with Gasteiger partial charge in [0.1, 0.15) is 0 Å². The molecule has 0 amide bonds. The van der Waals surface area contributed by atoms with Crippen molar-refractivity contribution in [3.05, 3.63) is 12.2 Å². The van der Waals surface area contributed by atoms with E-state index >= 15 is 0 Å². The van der Waals surface area contributed by atoms with Gasteiger partial charge in [-0.2, -0.15) is 0 Å². The van der Waals surface area contributed by atoms with Gasteiger partial charge in [-0.15, -0.1) is 0 Å². The number of quaternary nitrogens is 1. The molecule has 0 N–H and O–H groups in total. The fraction of sp³-hybridized carbons (Fsp3) is 0.864. The van der Waals surface area contributed by atoms with Crippen molar-refractivity contribution in [3.63, 3.8) is 0 Å². The first-order valence-corrected chi connectivity index (χ1v) is 10.5. The van der Waals surface area contributed by atoms with Crippen molar-refractivity contribution in [2.24, 2.45) is 0 Å². The molecular formula is C22H44NO2+. The molecule has 0 atom stereocenters. The third kappa shape index (κ3) is 16.4. The van der Waals surface area contributed by atoms with Crippen molar-refractivity contribution < 1.29 is 14.0 Å². The number of hydrogen-bond acceptors (Lipinski definition) is 2. The van der Waals surface area contributed by atoms with Gasteiger partial charge in [-0.05, 0) is 32.6 Å². The Balaban J connectivity index is 3.46. The monoisotopic (exact) mass is 354 g/mol. The van der Waals surface area contributed by atoms with Gasteiger partial charge in [0, 0.05) is 5.57 Å². The number of carbonyl (C=O) groups excluding carboxylic acids is 1. The molecule has 0 fully saturated rings. The fourth-order valence-electron chi connectivity index (χ4n) is 3.07. The number of hydrogen-bond donors (Lipinski definition) is 0. The van der Waals surface area contributed by atoms with Gasteiger partial charge in [0.05, 0.1) is 33.8 Å². The van der Waals surface area contributed by atoms with Gasteiger partial charge in [-0.3, -0.25) is 0 Å². The van der Waals surface area contributed by atoms with Gasteiger partial charge in [0.25, 0.3) is 0 Å². The van der Waals surface area contributed by atoms with Gasteiger partial charge < -0.3 is 9.22 Å². The molecular weight excluding hydrogens is 310 g/mol. The van der Waals surface area contributed by atoms with E-state index in [0.717, 1.165) is 23.9 Å². The highest BCUT2D eigenvalue weighted by Gasteiger charge is 2.14. The molecule has 0 saturated carbocycles. The smallest absolute Gasteiger partial charge is 0.333 e. The molecule has 0 radical (unpaired) electrons. The van der Waals surface area contributed by atoms with Crippen molar-refractivity contribution in [1.82, 2.24) is 0 Å². The Morgan fingerprint density at radius 3 is 1.72 bits per heavy atom. The van der Waals surface area contributed by atoms with Crippen LogP contribution in [0.5, 0.6) is 0 Å². The van der Waals surface area contributed by atoms with Gasteiger partial charge in [0.2, 0.25) is 0 Å². The molecule has 0 aliphatic rings. The van der Waals surface area contributed by atoms with Crippen LogP contribution in [0.1, 0.15) is 90.9 Å². The average Bonchev–Trinajstić information content (AvgIpc) is 2.55. The average molecular weight is 355 g/mol. The van der Waals surface area contributed by atoms with Crippen LogP contribution < -0.4 is 0 Å². The fourth-order valence-corrected chi connectivity index (χ4v) is 3.07. The standard InChI is InChI=1S/C22H44NO2/c1-6-7-8-9-10-11-12-13-14-15-18-23(4,5)19-16-17-20-25-22(24)21(2)3/h2,6-20H2,1,3-5H3/q+1. The largest absolute Gasteiger partial charge is 0.462 e. The summed E-state index contributed by atoms with van der Waals surface area (Å²) < 4.78 is 6.21. The van der Waals surface area contributed by atoms with E-state index in [-0.39, 0.29) is 5.97 Å². The maximum absolute atomic E-state index is 11.3. The van der Waals surface area contributed by atoms with Crippen LogP contribution in [0, 0.1) is 0 Å². The van der Waals surface area contributed by atoms with Crippen molar-refractivity contribution in [3.8, 4) is 0 Å². The second-order valence-electron chi connectivity index (χ2n) is 8.19. The minimum atomic E-state index is -0.265. The van der Waals surface area contributed by atoms with Gasteiger partial charge >= 0.3 is 5.97 Å². The molecule has 0 rings (SSSR count). The zero-order valence-electron chi connectivity index (χ0n) is 17.6. The van der Waals surface area contributed by atoms with Crippen LogP contribution in [0.15, 0.2) is 12.2 Å². The van der Waals surface area contributed by atoms with E-state index in [2.05, 4.69) is 27.6 Å². The molecule has 3 heteroatoms. The van der Waals surface area contributed by atoms with E-state index in [1.807, 2.05) is 0 Å². The van der Waals surface area contributed by atoms with Crippen LogP contribution in [-0.4, -0.2) is 44.2 Å². The molecule has 3 nitrogen and oxygen atoms in total. The SMILES string of the molecule is C=C(C)C(=O)OCCCC[N+](C)(C)CCCCCCCCCCCC. The Morgan fingerprint density at radius 1 is 0.800 bits per heavy atom. The highest BCUT2D eigenvalue weighted by atomic mass is 16.5. The zero-order chi connectivity index (χ0) is 19.0. The normalized spacial score (nSPS) is 11.5. The minimum Gasteiger partial charge on any atom is -0.462 e. The molecule has 0 spiro atoms. The second-order valence-corrected chi connectivity index (χ2v) is 8.19. The number of rotatable bonds is 17. The van der Waals surface area contributed by atoms with Crippen molar-refractivity contribution in [2.45, 2.75) is 90.9 Å². The van der Waals surface area contributed by atoms with E-state index in [0.29, 0.717) is 12.2 Å². The van der Waals surface area contributed by atoms with Crippen LogP contribution in [0.25, 0.3) is 0 Å². The van der Waals surface area contributed by atoms with Crippen LogP contribution in [0.3, 0.4) is 0 Å². The Labute approximate surface area is 157 Å². The van der Waals surface area contributed by atoms with Gasteiger partial charge in [0.15, 0.2) is 0 Å². The van der Waals surface area contributed by atoms with Gasteiger partial charge in [-0.1, -0.05) is 64.9 Å². The summed E-state index contributed by atoms with van der Waals surface area (Å²) in [7, 11) is 4.63. The van der Waals surface area contributed by atoms with Crippen molar-refractivity contribution in [1.29, 1.82) is 0 Å². The molecule has 0 aromatic carbocycles. The third-order valence-electron chi connectivity index (χ3n) is 4.86. The second kappa shape index (κ2) is 15.4. The van der Waals surface area contributed by atoms with Crippen molar-refractivity contribution in [2.75, 3.05) is 33.8 Å². The Morgan fingerprint density at radius 2 is 1.24 bits per heavy atom. The molecule has 0 unspecified atom stereocenters. The predicted molar refractivity (Wildman–Crippen MR) is 109 cm³/mol. The molecule has 0 saturated heterocycles. The predicted octanol–water partition coefficient (Wildman–Crippen LogP) is 5.88. The summed E-state index contributed by atoms with van der Waals surface area (Å²) in [5.41, 5.74) is 0.483. The molecule has 0 aliphatic heterocycles. The van der Waals surface area contributed by atoms with E-state index in [9.17, 15) is 4.79 Å². The number of ether oxygens (including phenoxy) is 1. The first-order valence-electron chi connectivity index (χ1n) is 10.5. The van der Waals surface area contributed by atoms with E-state index < -0.39 is 0 Å². The molecule has 0 aromatic rings. The molecule has 148 valence electrons. The minimum absolute atomic E-state index is 0.265. The maximum Gasteiger partial charge on any atom is 0.333 e. The zero-order valence-corrected chi connectivity index (χ0v) is 17.6. The lowest BCUT2D eigenvalue weighted by atomic mass is 10.1. The Hall–Kier alpha value is -0.830. The molecule has 0 bridgehead atoms. The highest BCUT2D eigenvalue weighted by molar-refractivity contribution is 5.86. The lowest BCUT2D eigenvalue weighted by molar-refractivity contribution is -0.890. The summed E-state index contributed by atoms with van der Waals surface area (Å²) in [5, 5.41) is 0. The summed E-state index contributed by atoms with van der Waals surface area (Å²) in [6, 6.07) is 0. The van der Waals surface area contributed by atoms with Crippen LogP contribution in [0.4, 0.5) is 0 Å². The topological polar surface area (TPSA) is 26.3 Å². The molecule has 0 heterocycles. The lowest BCUT2D eigenvalue weighted by Crippen LogP contribution is -2.41. The number of unbranched alkanes of at least 4 members (excludes halogenated alkanes) is 10. The highest BCUT2D eigenvalue weighted by Crippen LogP contribution is 2.12. The Bertz CT molecular complexity index is 350. The Kier molecular flexibility index (Phi) is 14.9. The summed E-state index contributed by atoms with van der Waals surface area (Å²) in [5.74, 6) is -0.265. The molecule has 0 aromatic heterocycles.